The van der Waals surface area contributed by atoms with Gasteiger partial charge in [0.15, 0.2) is 15.7 Å². The normalized spacial score (nSPS) is 12.3. The van der Waals surface area contributed by atoms with E-state index in [1.54, 1.807) is 42.6 Å². The molecule has 0 spiro atoms. The minimum absolute atomic E-state index is 0.0649. The summed E-state index contributed by atoms with van der Waals surface area (Å²) in [7, 11) is -3.19. The van der Waals surface area contributed by atoms with Gasteiger partial charge in [0.2, 0.25) is 0 Å². The first kappa shape index (κ1) is 15.3. The summed E-state index contributed by atoms with van der Waals surface area (Å²) in [6.07, 6.45) is 2.72. The van der Waals surface area contributed by atoms with Gasteiger partial charge in [-0.15, -0.1) is 0 Å². The Morgan fingerprint density at radius 1 is 1.24 bits per heavy atom. The Kier molecular flexibility index (Phi) is 4.49. The van der Waals surface area contributed by atoms with E-state index in [0.29, 0.717) is 5.69 Å². The average Bonchev–Trinajstić information content (AvgIpc) is 2.46. The number of aromatic nitrogens is 1. The maximum atomic E-state index is 11.4. The van der Waals surface area contributed by atoms with Crippen molar-refractivity contribution in [3.63, 3.8) is 0 Å². The van der Waals surface area contributed by atoms with Crippen molar-refractivity contribution in [3.8, 4) is 0 Å². The molecule has 1 aromatic carbocycles. The molecule has 0 unspecified atom stereocenters. The van der Waals surface area contributed by atoms with Crippen LogP contribution in [0.1, 0.15) is 5.69 Å². The van der Waals surface area contributed by atoms with Gasteiger partial charge in [-0.05, 0) is 36.4 Å². The number of nitrogens with two attached hydrogens (primary N) is 1. The lowest BCUT2D eigenvalue weighted by atomic mass is 10.3. The average molecular weight is 323 g/mol. The maximum Gasteiger partial charge on any atom is 0.188 e. The van der Waals surface area contributed by atoms with E-state index in [2.05, 4.69) is 10.1 Å². The van der Waals surface area contributed by atoms with Crippen LogP contribution in [-0.4, -0.2) is 30.7 Å². The second-order valence-electron chi connectivity index (χ2n) is 4.21. The first-order valence-corrected chi connectivity index (χ1v) is 8.53. The SMILES string of the molecule is CS(=O)(=O)c1ccc(Sc2ccnc(C(N)=NO)c2)cc1. The molecule has 0 aliphatic heterocycles. The topological polar surface area (TPSA) is 106 Å². The van der Waals surface area contributed by atoms with Crippen LogP contribution in [0.3, 0.4) is 0 Å². The van der Waals surface area contributed by atoms with Crippen LogP contribution in [-0.2, 0) is 9.84 Å². The fourth-order valence-corrected chi connectivity index (χ4v) is 3.03. The van der Waals surface area contributed by atoms with Crippen LogP contribution in [0.15, 0.2) is 62.4 Å². The van der Waals surface area contributed by atoms with E-state index in [0.717, 1.165) is 9.79 Å². The Morgan fingerprint density at radius 2 is 1.90 bits per heavy atom. The van der Waals surface area contributed by atoms with Crippen LogP contribution in [0.25, 0.3) is 0 Å². The highest BCUT2D eigenvalue weighted by Gasteiger charge is 2.07. The highest BCUT2D eigenvalue weighted by atomic mass is 32.2. The Hall–Kier alpha value is -2.06. The van der Waals surface area contributed by atoms with Gasteiger partial charge >= 0.3 is 0 Å². The van der Waals surface area contributed by atoms with Crippen molar-refractivity contribution in [3.05, 3.63) is 48.3 Å². The van der Waals surface area contributed by atoms with E-state index < -0.39 is 9.84 Å². The first-order chi connectivity index (χ1) is 9.90. The van der Waals surface area contributed by atoms with Gasteiger partial charge in [-0.25, -0.2) is 8.42 Å². The fourth-order valence-electron chi connectivity index (χ4n) is 1.56. The minimum atomic E-state index is -3.19. The lowest BCUT2D eigenvalue weighted by molar-refractivity contribution is 0.318. The van der Waals surface area contributed by atoms with Crippen LogP contribution >= 0.6 is 11.8 Å². The number of rotatable bonds is 4. The number of hydrogen-bond donors (Lipinski definition) is 2. The number of benzene rings is 1. The van der Waals surface area contributed by atoms with Gasteiger partial charge in [0.25, 0.3) is 0 Å². The zero-order valence-corrected chi connectivity index (χ0v) is 12.7. The molecule has 6 nitrogen and oxygen atoms in total. The van der Waals surface area contributed by atoms with Crippen LogP contribution in [0.5, 0.6) is 0 Å². The van der Waals surface area contributed by atoms with Crippen molar-refractivity contribution in [1.82, 2.24) is 4.98 Å². The molecule has 2 aromatic rings. The monoisotopic (exact) mass is 323 g/mol. The molecule has 0 aliphatic carbocycles. The number of sulfone groups is 1. The van der Waals surface area contributed by atoms with E-state index in [4.69, 9.17) is 10.9 Å². The molecule has 0 atom stereocenters. The molecule has 0 radical (unpaired) electrons. The summed E-state index contributed by atoms with van der Waals surface area (Å²) in [5.41, 5.74) is 5.86. The maximum absolute atomic E-state index is 11.4. The molecule has 0 fully saturated rings. The lowest BCUT2D eigenvalue weighted by Gasteiger charge is -2.04. The first-order valence-electron chi connectivity index (χ1n) is 5.82. The largest absolute Gasteiger partial charge is 0.409 e. The van der Waals surface area contributed by atoms with E-state index in [9.17, 15) is 8.42 Å². The van der Waals surface area contributed by atoms with Crippen molar-refractivity contribution in [1.29, 1.82) is 0 Å². The Labute approximate surface area is 126 Å². The van der Waals surface area contributed by atoms with Gasteiger partial charge in [0.1, 0.15) is 5.69 Å². The van der Waals surface area contributed by atoms with Crippen molar-refractivity contribution >= 4 is 27.4 Å². The summed E-state index contributed by atoms with van der Waals surface area (Å²) in [6.45, 7) is 0. The number of amidine groups is 1. The summed E-state index contributed by atoms with van der Waals surface area (Å²) in [4.78, 5) is 5.99. The quantitative estimate of drug-likeness (QED) is 0.384. The van der Waals surface area contributed by atoms with Gasteiger partial charge in [-0.3, -0.25) is 4.98 Å². The number of pyridine rings is 1. The molecule has 110 valence electrons. The van der Waals surface area contributed by atoms with Gasteiger partial charge < -0.3 is 10.9 Å². The number of oxime groups is 1. The molecular weight excluding hydrogens is 310 g/mol. The van der Waals surface area contributed by atoms with Crippen LogP contribution in [0.4, 0.5) is 0 Å². The third-order valence-electron chi connectivity index (χ3n) is 2.59. The van der Waals surface area contributed by atoms with Gasteiger partial charge in [-0.2, -0.15) is 0 Å². The summed E-state index contributed by atoms with van der Waals surface area (Å²) in [5, 5.41) is 11.5. The molecular formula is C13H13N3O3S2. The predicted molar refractivity (Wildman–Crippen MR) is 80.4 cm³/mol. The van der Waals surface area contributed by atoms with Crippen LogP contribution < -0.4 is 5.73 Å². The standard InChI is InChI=1S/C13H13N3O3S2/c1-21(18,19)11-4-2-9(3-5-11)20-10-6-7-15-12(8-10)13(14)16-17/h2-8,17H,1H3,(H2,14,16). The highest BCUT2D eigenvalue weighted by molar-refractivity contribution is 7.99. The molecule has 0 bridgehead atoms. The Bertz CT molecular complexity index is 772. The fraction of sp³-hybridized carbons (Fsp3) is 0.0769. The molecule has 3 N–H and O–H groups in total. The number of hydrogen-bond acceptors (Lipinski definition) is 6. The smallest absolute Gasteiger partial charge is 0.188 e. The second kappa shape index (κ2) is 6.15. The molecule has 0 saturated carbocycles. The Balaban J connectivity index is 2.23. The predicted octanol–water partition coefficient (Wildman–Crippen LogP) is 1.73. The van der Waals surface area contributed by atoms with Gasteiger partial charge in [0.05, 0.1) is 4.90 Å². The van der Waals surface area contributed by atoms with E-state index in [1.807, 2.05) is 0 Å². The molecule has 1 heterocycles. The molecule has 21 heavy (non-hydrogen) atoms. The lowest BCUT2D eigenvalue weighted by Crippen LogP contribution is -2.14. The highest BCUT2D eigenvalue weighted by Crippen LogP contribution is 2.28. The molecule has 0 amide bonds. The summed E-state index contributed by atoms with van der Waals surface area (Å²) >= 11 is 1.42. The van der Waals surface area contributed by atoms with Crippen molar-refractivity contribution in [2.45, 2.75) is 14.7 Å². The zero-order valence-electron chi connectivity index (χ0n) is 11.1. The third kappa shape index (κ3) is 3.96. The van der Waals surface area contributed by atoms with Crippen LogP contribution in [0, 0.1) is 0 Å². The van der Waals surface area contributed by atoms with Gasteiger partial charge in [-0.1, -0.05) is 16.9 Å². The summed E-state index contributed by atoms with van der Waals surface area (Å²) in [6, 6.07) is 10.0. The summed E-state index contributed by atoms with van der Waals surface area (Å²) in [5.74, 6) is -0.0649. The van der Waals surface area contributed by atoms with Crippen LogP contribution in [0.2, 0.25) is 0 Å². The second-order valence-corrected chi connectivity index (χ2v) is 7.37. The minimum Gasteiger partial charge on any atom is -0.409 e. The third-order valence-corrected chi connectivity index (χ3v) is 4.72. The van der Waals surface area contributed by atoms with Crippen molar-refractivity contribution in [2.75, 3.05) is 6.26 Å². The molecule has 0 saturated heterocycles. The van der Waals surface area contributed by atoms with Crippen molar-refractivity contribution in [2.24, 2.45) is 10.9 Å². The number of nitrogens with zero attached hydrogens (tertiary/aromatic N) is 2. The zero-order chi connectivity index (χ0) is 15.5. The van der Waals surface area contributed by atoms with E-state index in [1.165, 1.54) is 18.0 Å². The van der Waals surface area contributed by atoms with Crippen molar-refractivity contribution < 1.29 is 13.6 Å². The van der Waals surface area contributed by atoms with Gasteiger partial charge in [0, 0.05) is 22.2 Å². The molecule has 2 rings (SSSR count). The van der Waals surface area contributed by atoms with E-state index in [-0.39, 0.29) is 10.7 Å². The molecule has 0 aliphatic rings. The molecule has 1 aromatic heterocycles. The molecule has 8 heteroatoms. The Morgan fingerprint density at radius 3 is 2.48 bits per heavy atom. The summed E-state index contributed by atoms with van der Waals surface area (Å²) < 4.78 is 22.8. The van der Waals surface area contributed by atoms with E-state index >= 15 is 0 Å².